The van der Waals surface area contributed by atoms with Crippen LogP contribution in [0, 0.1) is 0 Å². The third-order valence-electron chi connectivity index (χ3n) is 4.51. The van der Waals surface area contributed by atoms with Crippen molar-refractivity contribution in [2.45, 2.75) is 26.3 Å². The smallest absolute Gasteiger partial charge is 0.284 e. The van der Waals surface area contributed by atoms with Crippen LogP contribution in [0.2, 0.25) is 0 Å². The quantitative estimate of drug-likeness (QED) is 0.380. The monoisotopic (exact) mass is 367 g/mol. The van der Waals surface area contributed by atoms with Crippen LogP contribution in [0.3, 0.4) is 0 Å². The van der Waals surface area contributed by atoms with E-state index in [1.807, 2.05) is 0 Å². The molecule has 0 saturated heterocycles. The molecule has 0 unspecified atom stereocenters. The maximum Gasteiger partial charge on any atom is 0.284 e. The van der Waals surface area contributed by atoms with Gasteiger partial charge in [-0.05, 0) is 36.1 Å². The molecule has 2 heterocycles. The molecule has 0 aliphatic carbocycles. The number of aliphatic imine (C=N–C) groups is 1. The first-order valence-corrected chi connectivity index (χ1v) is 9.03. The number of furan rings is 1. The van der Waals surface area contributed by atoms with E-state index in [9.17, 15) is 4.79 Å². The Bertz CT molecular complexity index is 954. The summed E-state index contributed by atoms with van der Waals surface area (Å²) in [5, 5.41) is 7.72. The van der Waals surface area contributed by atoms with Crippen LogP contribution in [0.5, 0.6) is 0 Å². The third kappa shape index (κ3) is 4.31. The fraction of sp³-hybridized carbons (Fsp3) is 0.300. The van der Waals surface area contributed by atoms with Crippen molar-refractivity contribution in [3.8, 4) is 0 Å². The number of para-hydroxylation sites is 1. The Morgan fingerprint density at radius 3 is 2.78 bits per heavy atom. The number of hydrogen-bond acceptors (Lipinski definition) is 3. The predicted octanol–water partition coefficient (Wildman–Crippen LogP) is 2.33. The summed E-state index contributed by atoms with van der Waals surface area (Å²) in [6.45, 7) is 3.32. The summed E-state index contributed by atoms with van der Waals surface area (Å²) in [6, 6.07) is 9.70. The van der Waals surface area contributed by atoms with E-state index >= 15 is 0 Å². The molecular weight excluding hydrogens is 342 g/mol. The number of hydrogen-bond donors (Lipinski definition) is 4. The van der Waals surface area contributed by atoms with Gasteiger partial charge in [0.2, 0.25) is 0 Å². The van der Waals surface area contributed by atoms with Crippen molar-refractivity contribution >= 4 is 22.8 Å². The Morgan fingerprint density at radius 2 is 2.07 bits per heavy atom. The molecule has 0 bridgehead atoms. The van der Waals surface area contributed by atoms with Gasteiger partial charge in [0.25, 0.3) is 5.91 Å². The molecule has 0 saturated carbocycles. The highest BCUT2D eigenvalue weighted by atomic mass is 16.3. The molecule has 5 N–H and O–H groups in total. The molecule has 0 fully saturated rings. The van der Waals surface area contributed by atoms with Gasteiger partial charge in [0.15, 0.2) is 11.7 Å². The summed E-state index contributed by atoms with van der Waals surface area (Å²) in [4.78, 5) is 18.7. The zero-order valence-corrected chi connectivity index (χ0v) is 15.6. The lowest BCUT2D eigenvalue weighted by atomic mass is 10.1. The van der Waals surface area contributed by atoms with E-state index in [1.165, 1.54) is 22.0 Å². The number of fused-ring (bicyclic) bond motifs is 1. The second-order valence-corrected chi connectivity index (χ2v) is 6.24. The Kier molecular flexibility index (Phi) is 5.80. The minimum Gasteiger partial charge on any atom is -0.454 e. The molecule has 0 atom stereocenters. The van der Waals surface area contributed by atoms with Crippen LogP contribution in [0.25, 0.3) is 10.9 Å². The molecule has 27 heavy (non-hydrogen) atoms. The normalized spacial score (nSPS) is 11.7. The van der Waals surface area contributed by atoms with E-state index in [0.717, 1.165) is 19.4 Å². The molecule has 7 heteroatoms. The van der Waals surface area contributed by atoms with E-state index in [0.29, 0.717) is 18.3 Å². The summed E-state index contributed by atoms with van der Waals surface area (Å²) in [5.74, 6) is 0.867. The van der Waals surface area contributed by atoms with Gasteiger partial charge in [-0.15, -0.1) is 0 Å². The highest BCUT2D eigenvalue weighted by Crippen LogP contribution is 2.22. The number of aromatic amines is 1. The number of aryl methyl sites for hydroxylation is 1. The Morgan fingerprint density at radius 1 is 1.22 bits per heavy atom. The Balaban J connectivity index is 1.53. The number of nitrogens with two attached hydrogens (primary N) is 1. The van der Waals surface area contributed by atoms with Gasteiger partial charge in [0.1, 0.15) is 5.76 Å². The Hall–Kier alpha value is -3.22. The fourth-order valence-electron chi connectivity index (χ4n) is 3.09. The minimum atomic E-state index is -0.575. The van der Waals surface area contributed by atoms with E-state index in [-0.39, 0.29) is 5.76 Å². The lowest BCUT2D eigenvalue weighted by Gasteiger charge is -2.10. The maximum absolute atomic E-state index is 11.1. The molecule has 0 radical (unpaired) electrons. The number of carbonyl (C=O) groups excluding carboxylic acids is 1. The first-order chi connectivity index (χ1) is 13.1. The number of primary amides is 1. The van der Waals surface area contributed by atoms with E-state index in [2.05, 4.69) is 51.9 Å². The molecule has 2 aromatic heterocycles. The van der Waals surface area contributed by atoms with Gasteiger partial charge < -0.3 is 25.8 Å². The number of aromatic nitrogens is 1. The lowest BCUT2D eigenvalue weighted by molar-refractivity contribution is 0.0972. The van der Waals surface area contributed by atoms with Crippen molar-refractivity contribution in [1.82, 2.24) is 15.6 Å². The summed E-state index contributed by atoms with van der Waals surface area (Å²) >= 11 is 0. The van der Waals surface area contributed by atoms with Gasteiger partial charge >= 0.3 is 0 Å². The molecule has 0 aliphatic rings. The van der Waals surface area contributed by atoms with Crippen molar-refractivity contribution < 1.29 is 9.21 Å². The fourth-order valence-corrected chi connectivity index (χ4v) is 3.09. The van der Waals surface area contributed by atoms with Crippen molar-refractivity contribution in [1.29, 1.82) is 0 Å². The van der Waals surface area contributed by atoms with Crippen LogP contribution in [-0.2, 0) is 19.4 Å². The highest BCUT2D eigenvalue weighted by Gasteiger charge is 2.09. The van der Waals surface area contributed by atoms with Gasteiger partial charge in [-0.25, -0.2) is 0 Å². The van der Waals surface area contributed by atoms with Gasteiger partial charge in [-0.3, -0.25) is 9.79 Å². The van der Waals surface area contributed by atoms with Gasteiger partial charge in [0.05, 0.1) is 6.54 Å². The Labute approximate surface area is 158 Å². The average molecular weight is 367 g/mol. The number of rotatable bonds is 7. The molecule has 1 amide bonds. The van der Waals surface area contributed by atoms with Crippen molar-refractivity contribution in [2.24, 2.45) is 10.7 Å². The van der Waals surface area contributed by atoms with Crippen LogP contribution in [-0.4, -0.2) is 30.4 Å². The largest absolute Gasteiger partial charge is 0.454 e. The second kappa shape index (κ2) is 8.44. The molecule has 7 nitrogen and oxygen atoms in total. The number of H-pyrrole nitrogens is 1. The number of benzene rings is 1. The van der Waals surface area contributed by atoms with Crippen LogP contribution in [0.15, 0.2) is 45.9 Å². The molecule has 3 aromatic rings. The van der Waals surface area contributed by atoms with Crippen LogP contribution in [0.4, 0.5) is 0 Å². The number of guanidine groups is 1. The minimum absolute atomic E-state index is 0.153. The van der Waals surface area contributed by atoms with Gasteiger partial charge in [0, 0.05) is 30.7 Å². The van der Waals surface area contributed by atoms with Gasteiger partial charge in [-0.2, -0.15) is 0 Å². The molecular formula is C20H25N5O2. The molecule has 0 spiro atoms. The zero-order valence-electron chi connectivity index (χ0n) is 15.6. The summed E-state index contributed by atoms with van der Waals surface area (Å²) < 4.78 is 5.35. The van der Waals surface area contributed by atoms with Crippen molar-refractivity contribution in [3.05, 3.63) is 59.2 Å². The van der Waals surface area contributed by atoms with E-state index in [1.54, 1.807) is 19.2 Å². The van der Waals surface area contributed by atoms with E-state index in [4.69, 9.17) is 10.2 Å². The van der Waals surface area contributed by atoms with E-state index < -0.39 is 5.91 Å². The number of nitrogens with zero attached hydrogens (tertiary/aromatic N) is 1. The highest BCUT2D eigenvalue weighted by molar-refractivity contribution is 5.90. The molecule has 1 aromatic carbocycles. The van der Waals surface area contributed by atoms with Crippen molar-refractivity contribution in [3.63, 3.8) is 0 Å². The lowest BCUT2D eigenvalue weighted by Crippen LogP contribution is -2.37. The van der Waals surface area contributed by atoms with Crippen molar-refractivity contribution in [2.75, 3.05) is 13.6 Å². The first kappa shape index (κ1) is 18.6. The third-order valence-corrected chi connectivity index (χ3v) is 4.51. The summed E-state index contributed by atoms with van der Waals surface area (Å²) in [6.07, 6.45) is 3.96. The average Bonchev–Trinajstić information content (AvgIpc) is 3.31. The SMILES string of the molecule is CCc1cccc2c(CCNC(=NC)NCc3ccc(C(N)=O)o3)c[nH]c12. The van der Waals surface area contributed by atoms with Crippen LogP contribution < -0.4 is 16.4 Å². The standard InChI is InChI=1S/C20H25N5O2/c1-3-13-5-4-6-16-14(11-24-18(13)16)9-10-23-20(22-2)25-12-15-7-8-17(27-15)19(21)26/h4-8,11,24H,3,9-10,12H2,1-2H3,(H2,21,26)(H2,22,23,25). The molecule has 0 aliphatic heterocycles. The first-order valence-electron chi connectivity index (χ1n) is 9.03. The predicted molar refractivity (Wildman–Crippen MR) is 107 cm³/mol. The topological polar surface area (TPSA) is 108 Å². The zero-order chi connectivity index (χ0) is 19.2. The summed E-state index contributed by atoms with van der Waals surface area (Å²) in [7, 11) is 1.71. The second-order valence-electron chi connectivity index (χ2n) is 6.24. The number of carbonyl (C=O) groups is 1. The summed E-state index contributed by atoms with van der Waals surface area (Å²) in [5.41, 5.74) is 9.02. The van der Waals surface area contributed by atoms with Crippen LogP contribution in [0.1, 0.15) is 34.4 Å². The molecule has 142 valence electrons. The number of nitrogens with one attached hydrogen (secondary N) is 3. The maximum atomic E-state index is 11.1. The molecule has 3 rings (SSSR count). The van der Waals surface area contributed by atoms with Crippen LogP contribution >= 0.6 is 0 Å². The number of amides is 1. The van der Waals surface area contributed by atoms with Gasteiger partial charge in [-0.1, -0.05) is 25.1 Å².